The van der Waals surface area contributed by atoms with Crippen LogP contribution in [0.25, 0.3) is 6.08 Å². The number of rotatable bonds is 3. The summed E-state index contributed by atoms with van der Waals surface area (Å²) in [6, 6.07) is 23.9. The van der Waals surface area contributed by atoms with Gasteiger partial charge in [-0.15, -0.1) is 0 Å². The molecule has 0 saturated heterocycles. The van der Waals surface area contributed by atoms with Crippen LogP contribution in [0.5, 0.6) is 0 Å². The van der Waals surface area contributed by atoms with Gasteiger partial charge in [-0.05, 0) is 42.3 Å². The molecule has 1 N–H and O–H groups in total. The number of hydrogen-bond acceptors (Lipinski definition) is 2. The van der Waals surface area contributed by atoms with E-state index in [-0.39, 0.29) is 10.8 Å². The van der Waals surface area contributed by atoms with Crippen molar-refractivity contribution >= 4 is 16.1 Å². The van der Waals surface area contributed by atoms with Crippen molar-refractivity contribution in [1.29, 1.82) is 0 Å². The maximum absolute atomic E-state index is 13.1. The molecule has 29 heavy (non-hydrogen) atoms. The first kappa shape index (κ1) is 19.2. The Kier molecular flexibility index (Phi) is 5.35. The molecule has 1 aliphatic rings. The standard InChI is InChI=1S/C25H21NO2S/c1-19-11-17-23(18-12-19)29(27,28)26-25-22(14-13-20-7-3-2-4-8-20)16-15-21-9-5-6-10-24(21)25/h2-12,15-18,22,25-26H,1H3/t22-,25-/m1/s1. The fraction of sp³-hybridized carbons (Fsp3) is 0.120. The van der Waals surface area contributed by atoms with E-state index in [2.05, 4.69) is 16.6 Å². The molecule has 4 heteroatoms. The van der Waals surface area contributed by atoms with Crippen LogP contribution in [0.2, 0.25) is 0 Å². The Morgan fingerprint density at radius 2 is 1.55 bits per heavy atom. The summed E-state index contributed by atoms with van der Waals surface area (Å²) in [7, 11) is -3.69. The van der Waals surface area contributed by atoms with Crippen molar-refractivity contribution in [3.8, 4) is 11.8 Å². The largest absolute Gasteiger partial charge is 0.241 e. The molecular formula is C25H21NO2S. The van der Waals surface area contributed by atoms with E-state index >= 15 is 0 Å². The molecule has 0 spiro atoms. The van der Waals surface area contributed by atoms with Gasteiger partial charge in [0.05, 0.1) is 16.9 Å². The average Bonchev–Trinajstić information content (AvgIpc) is 2.74. The van der Waals surface area contributed by atoms with Crippen LogP contribution >= 0.6 is 0 Å². The summed E-state index contributed by atoms with van der Waals surface area (Å²) in [5, 5.41) is 0. The Labute approximate surface area is 172 Å². The molecule has 0 aromatic heterocycles. The third-order valence-corrected chi connectivity index (χ3v) is 6.40. The number of hydrogen-bond donors (Lipinski definition) is 1. The van der Waals surface area contributed by atoms with E-state index in [4.69, 9.17) is 0 Å². The molecule has 3 aromatic carbocycles. The van der Waals surface area contributed by atoms with Crippen LogP contribution in [0.4, 0.5) is 0 Å². The third-order valence-electron chi connectivity index (χ3n) is 4.94. The Hall–Kier alpha value is -3.13. The molecule has 3 aromatic rings. The van der Waals surface area contributed by atoms with Gasteiger partial charge >= 0.3 is 0 Å². The molecule has 1 aliphatic carbocycles. The molecule has 0 unspecified atom stereocenters. The lowest BCUT2D eigenvalue weighted by Gasteiger charge is -2.27. The number of benzene rings is 3. The predicted molar refractivity (Wildman–Crippen MR) is 117 cm³/mol. The number of fused-ring (bicyclic) bond motifs is 1. The third kappa shape index (κ3) is 4.32. The summed E-state index contributed by atoms with van der Waals surface area (Å²) in [6.45, 7) is 1.93. The van der Waals surface area contributed by atoms with E-state index in [9.17, 15) is 8.42 Å². The maximum Gasteiger partial charge on any atom is 0.241 e. The second kappa shape index (κ2) is 8.08. The highest BCUT2D eigenvalue weighted by Gasteiger charge is 2.29. The van der Waals surface area contributed by atoms with Gasteiger partial charge in [0, 0.05) is 5.56 Å². The number of sulfonamides is 1. The van der Waals surface area contributed by atoms with Gasteiger partial charge in [0.15, 0.2) is 0 Å². The lowest BCUT2D eigenvalue weighted by atomic mass is 9.85. The van der Waals surface area contributed by atoms with Crippen molar-refractivity contribution in [3.63, 3.8) is 0 Å². The minimum atomic E-state index is -3.69. The first-order valence-electron chi connectivity index (χ1n) is 9.46. The van der Waals surface area contributed by atoms with Gasteiger partial charge in [-0.3, -0.25) is 0 Å². The summed E-state index contributed by atoms with van der Waals surface area (Å²) in [6.07, 6.45) is 3.98. The van der Waals surface area contributed by atoms with E-state index < -0.39 is 16.1 Å². The Morgan fingerprint density at radius 1 is 0.862 bits per heavy atom. The number of aryl methyl sites for hydroxylation is 1. The van der Waals surface area contributed by atoms with Crippen LogP contribution in [0.1, 0.15) is 28.3 Å². The monoisotopic (exact) mass is 399 g/mol. The van der Waals surface area contributed by atoms with Gasteiger partial charge in [0.1, 0.15) is 0 Å². The van der Waals surface area contributed by atoms with E-state index in [1.165, 1.54) is 0 Å². The zero-order valence-corrected chi connectivity index (χ0v) is 16.9. The van der Waals surface area contributed by atoms with Gasteiger partial charge in [-0.2, -0.15) is 0 Å². The summed E-state index contributed by atoms with van der Waals surface area (Å²) < 4.78 is 29.0. The van der Waals surface area contributed by atoms with E-state index in [0.29, 0.717) is 0 Å². The van der Waals surface area contributed by atoms with Crippen molar-refractivity contribution in [1.82, 2.24) is 4.72 Å². The van der Waals surface area contributed by atoms with Crippen molar-refractivity contribution in [2.45, 2.75) is 17.9 Å². The second-order valence-electron chi connectivity index (χ2n) is 7.06. The molecule has 2 atom stereocenters. The topological polar surface area (TPSA) is 46.2 Å². The smallest absolute Gasteiger partial charge is 0.207 e. The molecule has 0 fully saturated rings. The van der Waals surface area contributed by atoms with Crippen LogP contribution in [0.15, 0.2) is 89.8 Å². The predicted octanol–water partition coefficient (Wildman–Crippen LogP) is 4.71. The molecule has 0 amide bonds. The average molecular weight is 400 g/mol. The highest BCUT2D eigenvalue weighted by Crippen LogP contribution is 2.33. The molecule has 0 aliphatic heterocycles. The van der Waals surface area contributed by atoms with Gasteiger partial charge < -0.3 is 0 Å². The van der Waals surface area contributed by atoms with Crippen molar-refractivity contribution in [2.75, 3.05) is 0 Å². The quantitative estimate of drug-likeness (QED) is 0.649. The molecule has 0 heterocycles. The number of nitrogens with one attached hydrogen (secondary N) is 1. The van der Waals surface area contributed by atoms with Gasteiger partial charge in [0.25, 0.3) is 0 Å². The fourth-order valence-corrected chi connectivity index (χ4v) is 4.61. The van der Waals surface area contributed by atoms with Crippen LogP contribution in [-0.4, -0.2) is 8.42 Å². The zero-order chi connectivity index (χ0) is 20.3. The van der Waals surface area contributed by atoms with Gasteiger partial charge in [-0.1, -0.05) is 84.2 Å². The fourth-order valence-electron chi connectivity index (χ4n) is 3.37. The summed E-state index contributed by atoms with van der Waals surface area (Å²) in [5.74, 6) is 6.15. The summed E-state index contributed by atoms with van der Waals surface area (Å²) >= 11 is 0. The summed E-state index contributed by atoms with van der Waals surface area (Å²) in [4.78, 5) is 0.255. The van der Waals surface area contributed by atoms with Crippen LogP contribution in [0, 0.1) is 24.7 Å². The normalized spacial score (nSPS) is 17.8. The Bertz CT molecular complexity index is 1200. The SMILES string of the molecule is Cc1ccc(S(=O)(=O)N[C@H]2c3ccccc3C=C[C@H]2C#Cc2ccccc2)cc1. The molecule has 144 valence electrons. The van der Waals surface area contributed by atoms with Crippen molar-refractivity contribution < 1.29 is 8.42 Å². The second-order valence-corrected chi connectivity index (χ2v) is 8.78. The van der Waals surface area contributed by atoms with Crippen molar-refractivity contribution in [2.24, 2.45) is 5.92 Å². The maximum atomic E-state index is 13.1. The highest BCUT2D eigenvalue weighted by atomic mass is 32.2. The highest BCUT2D eigenvalue weighted by molar-refractivity contribution is 7.89. The molecule has 0 radical (unpaired) electrons. The van der Waals surface area contributed by atoms with Crippen molar-refractivity contribution in [3.05, 3.63) is 107 Å². The minimum absolute atomic E-state index is 0.255. The Balaban J connectivity index is 1.71. The van der Waals surface area contributed by atoms with Crippen LogP contribution in [-0.2, 0) is 10.0 Å². The van der Waals surface area contributed by atoms with E-state index in [0.717, 1.165) is 22.3 Å². The lowest BCUT2D eigenvalue weighted by Crippen LogP contribution is -2.34. The zero-order valence-electron chi connectivity index (χ0n) is 16.0. The van der Waals surface area contributed by atoms with Gasteiger partial charge in [0.2, 0.25) is 10.0 Å². The van der Waals surface area contributed by atoms with E-state index in [1.54, 1.807) is 24.3 Å². The Morgan fingerprint density at radius 3 is 2.31 bits per heavy atom. The first-order valence-corrected chi connectivity index (χ1v) is 10.9. The van der Waals surface area contributed by atoms with Crippen LogP contribution < -0.4 is 4.72 Å². The first-order chi connectivity index (χ1) is 14.0. The molecule has 3 nitrogen and oxygen atoms in total. The lowest BCUT2D eigenvalue weighted by molar-refractivity contribution is 0.527. The minimum Gasteiger partial charge on any atom is -0.207 e. The molecule has 4 rings (SSSR count). The molecule has 0 saturated carbocycles. The summed E-state index contributed by atoms with van der Waals surface area (Å²) in [5.41, 5.74) is 3.85. The van der Waals surface area contributed by atoms with E-state index in [1.807, 2.05) is 73.7 Å². The molecular weight excluding hydrogens is 378 g/mol. The molecule has 0 bridgehead atoms. The van der Waals surface area contributed by atoms with Gasteiger partial charge in [-0.25, -0.2) is 13.1 Å². The van der Waals surface area contributed by atoms with Crippen LogP contribution in [0.3, 0.4) is 0 Å².